The Kier molecular flexibility index (Phi) is 8.10. The lowest BCUT2D eigenvalue weighted by Gasteiger charge is -2.26. The minimum Gasteiger partial charge on any atom is -0.326 e. The smallest absolute Gasteiger partial charge is 0.326 e. The van der Waals surface area contributed by atoms with E-state index in [1.807, 2.05) is 0 Å². The first-order chi connectivity index (χ1) is 17.7. The molecule has 1 heterocycles. The van der Waals surface area contributed by atoms with Crippen LogP contribution in [0.2, 0.25) is 0 Å². The van der Waals surface area contributed by atoms with E-state index in [1.54, 1.807) is 18.5 Å². The van der Waals surface area contributed by atoms with Crippen LogP contribution in [0.5, 0.6) is 0 Å². The highest BCUT2D eigenvalue weighted by Gasteiger charge is 2.30. The molecule has 3 aromatic rings. The van der Waals surface area contributed by atoms with Crippen LogP contribution in [0.3, 0.4) is 0 Å². The van der Waals surface area contributed by atoms with Crippen LogP contribution in [-0.4, -0.2) is 27.9 Å². The van der Waals surface area contributed by atoms with Gasteiger partial charge in [0.05, 0.1) is 11.6 Å². The van der Waals surface area contributed by atoms with E-state index < -0.39 is 29.3 Å². The summed E-state index contributed by atoms with van der Waals surface area (Å²) in [6.45, 7) is 0. The van der Waals surface area contributed by atoms with Gasteiger partial charge in [0, 0.05) is 30.1 Å². The van der Waals surface area contributed by atoms with E-state index in [9.17, 15) is 26.7 Å². The molecule has 1 fully saturated rings. The molecular weight excluding hydrogens is 493 g/mol. The second kappa shape index (κ2) is 11.4. The zero-order valence-electron chi connectivity index (χ0n) is 19.6. The van der Waals surface area contributed by atoms with Gasteiger partial charge in [-0.25, -0.2) is 23.7 Å². The van der Waals surface area contributed by atoms with Crippen molar-refractivity contribution in [2.45, 2.75) is 44.3 Å². The number of hydrogen-bond donors (Lipinski definition) is 2. The van der Waals surface area contributed by atoms with Crippen LogP contribution >= 0.6 is 0 Å². The second-order valence-corrected chi connectivity index (χ2v) is 8.81. The Balaban J connectivity index is 1.50. The topological polar surface area (TPSA) is 79.3 Å². The van der Waals surface area contributed by atoms with Gasteiger partial charge in [-0.2, -0.15) is 13.2 Å². The zero-order chi connectivity index (χ0) is 26.4. The van der Waals surface area contributed by atoms with Crippen molar-refractivity contribution in [2.75, 3.05) is 5.32 Å². The van der Waals surface area contributed by atoms with E-state index in [0.717, 1.165) is 55.4 Å². The summed E-state index contributed by atoms with van der Waals surface area (Å²) in [5.41, 5.74) is -0.967. The fourth-order valence-corrected chi connectivity index (χ4v) is 4.18. The standard InChI is InChI=1S/C26H24F5N5O/c27-21-10-7-17(14-22(21)28)24(37)36-25(35-20-4-1-3-18(15-20)26(29,30)31)34-19-8-5-16(6-9-19)13-23-32-11-2-12-33-23/h1-4,7,10-12,14-16,19H,5-6,8-9,13H2,(H2,34,35,36,37). The maximum Gasteiger partial charge on any atom is 0.416 e. The average Bonchev–Trinajstić information content (AvgIpc) is 2.87. The van der Waals surface area contributed by atoms with Crippen LogP contribution in [0, 0.1) is 17.6 Å². The van der Waals surface area contributed by atoms with Crippen molar-refractivity contribution in [3.05, 3.63) is 89.5 Å². The minimum atomic E-state index is -4.55. The van der Waals surface area contributed by atoms with Crippen molar-refractivity contribution < 1.29 is 26.7 Å². The molecule has 1 amide bonds. The number of nitrogens with one attached hydrogen (secondary N) is 2. The molecule has 0 spiro atoms. The van der Waals surface area contributed by atoms with E-state index in [-0.39, 0.29) is 23.3 Å². The summed E-state index contributed by atoms with van der Waals surface area (Å²) >= 11 is 0. The molecule has 2 N–H and O–H groups in total. The van der Waals surface area contributed by atoms with Crippen molar-refractivity contribution in [3.63, 3.8) is 0 Å². The van der Waals surface area contributed by atoms with Gasteiger partial charge < -0.3 is 5.32 Å². The molecule has 1 aliphatic rings. The average molecular weight is 518 g/mol. The maximum absolute atomic E-state index is 13.6. The quantitative estimate of drug-likeness (QED) is 0.256. The van der Waals surface area contributed by atoms with Gasteiger partial charge in [0.25, 0.3) is 5.91 Å². The highest BCUT2D eigenvalue weighted by Crippen LogP contribution is 2.31. The van der Waals surface area contributed by atoms with Gasteiger partial charge in [0.2, 0.25) is 5.96 Å². The lowest BCUT2D eigenvalue weighted by atomic mass is 9.84. The SMILES string of the molecule is O=C(NC(=NC1CCC(Cc2ncccn2)CC1)Nc1cccc(C(F)(F)F)c1)c1ccc(F)c(F)c1. The summed E-state index contributed by atoms with van der Waals surface area (Å²) in [6, 6.07) is 8.68. The summed E-state index contributed by atoms with van der Waals surface area (Å²) in [5.74, 6) is -2.04. The molecular formula is C26H24F5N5O. The van der Waals surface area contributed by atoms with E-state index in [0.29, 0.717) is 18.8 Å². The highest BCUT2D eigenvalue weighted by molar-refractivity contribution is 6.10. The van der Waals surface area contributed by atoms with Crippen molar-refractivity contribution >= 4 is 17.6 Å². The van der Waals surface area contributed by atoms with Gasteiger partial charge in [-0.3, -0.25) is 10.1 Å². The first kappa shape index (κ1) is 26.2. The third kappa shape index (κ3) is 7.31. The predicted octanol–water partition coefficient (Wildman–Crippen LogP) is 5.77. The van der Waals surface area contributed by atoms with Crippen LogP contribution < -0.4 is 10.6 Å². The Labute approximate surface area is 210 Å². The van der Waals surface area contributed by atoms with Gasteiger partial charge in [-0.1, -0.05) is 6.07 Å². The molecule has 37 heavy (non-hydrogen) atoms. The number of aliphatic imine (C=N–C) groups is 1. The van der Waals surface area contributed by atoms with E-state index in [4.69, 9.17) is 0 Å². The molecule has 194 valence electrons. The summed E-state index contributed by atoms with van der Waals surface area (Å²) in [7, 11) is 0. The fraction of sp³-hybridized carbons (Fsp3) is 0.308. The molecule has 0 atom stereocenters. The van der Waals surface area contributed by atoms with E-state index in [1.165, 1.54) is 12.1 Å². The highest BCUT2D eigenvalue weighted by atomic mass is 19.4. The van der Waals surface area contributed by atoms with E-state index in [2.05, 4.69) is 25.6 Å². The molecule has 4 rings (SSSR count). The number of benzene rings is 2. The molecule has 1 aromatic heterocycles. The van der Waals surface area contributed by atoms with E-state index >= 15 is 0 Å². The Morgan fingerprint density at radius 2 is 1.68 bits per heavy atom. The third-order valence-electron chi connectivity index (χ3n) is 6.08. The van der Waals surface area contributed by atoms with Gasteiger partial charge in [0.15, 0.2) is 11.6 Å². The predicted molar refractivity (Wildman–Crippen MR) is 128 cm³/mol. The van der Waals surface area contributed by atoms with Crippen LogP contribution in [0.25, 0.3) is 0 Å². The Morgan fingerprint density at radius 1 is 0.946 bits per heavy atom. The molecule has 11 heteroatoms. The number of amides is 1. The monoisotopic (exact) mass is 517 g/mol. The Bertz CT molecular complexity index is 1260. The number of nitrogens with zero attached hydrogens (tertiary/aromatic N) is 3. The molecule has 1 aliphatic carbocycles. The summed E-state index contributed by atoms with van der Waals surface area (Å²) in [4.78, 5) is 25.8. The largest absolute Gasteiger partial charge is 0.416 e. The number of carbonyl (C=O) groups excluding carboxylic acids is 1. The summed E-state index contributed by atoms with van der Waals surface area (Å²) in [6.07, 6.45) is 2.61. The number of hydrogen-bond acceptors (Lipinski definition) is 4. The second-order valence-electron chi connectivity index (χ2n) is 8.81. The molecule has 1 saturated carbocycles. The first-order valence-electron chi connectivity index (χ1n) is 11.7. The van der Waals surface area contributed by atoms with Gasteiger partial charge in [-0.15, -0.1) is 0 Å². The summed E-state index contributed by atoms with van der Waals surface area (Å²) < 4.78 is 66.4. The third-order valence-corrected chi connectivity index (χ3v) is 6.08. The van der Waals surface area contributed by atoms with Crippen molar-refractivity contribution in [1.29, 1.82) is 0 Å². The van der Waals surface area contributed by atoms with Crippen molar-refractivity contribution in [2.24, 2.45) is 10.9 Å². The number of guanidine groups is 1. The van der Waals surface area contributed by atoms with Gasteiger partial charge >= 0.3 is 6.18 Å². The van der Waals surface area contributed by atoms with Crippen molar-refractivity contribution in [3.8, 4) is 0 Å². The normalized spacial score (nSPS) is 18.4. The van der Waals surface area contributed by atoms with Crippen LogP contribution in [0.1, 0.15) is 47.4 Å². The number of aromatic nitrogens is 2. The molecule has 0 saturated heterocycles. The molecule has 0 radical (unpaired) electrons. The lowest BCUT2D eigenvalue weighted by molar-refractivity contribution is -0.137. The van der Waals surface area contributed by atoms with Crippen LogP contribution in [0.15, 0.2) is 65.9 Å². The van der Waals surface area contributed by atoms with Gasteiger partial charge in [-0.05, 0) is 74.1 Å². The minimum absolute atomic E-state index is 0.0640. The molecule has 0 unspecified atom stereocenters. The molecule has 0 bridgehead atoms. The zero-order valence-corrected chi connectivity index (χ0v) is 19.6. The van der Waals surface area contributed by atoms with Crippen molar-refractivity contribution in [1.82, 2.24) is 15.3 Å². The van der Waals surface area contributed by atoms with Crippen LogP contribution in [-0.2, 0) is 12.6 Å². The number of rotatable bonds is 5. The Morgan fingerprint density at radius 3 is 2.35 bits per heavy atom. The number of halogens is 5. The number of carbonyl (C=O) groups is 1. The number of alkyl halides is 3. The van der Waals surface area contributed by atoms with Crippen LogP contribution in [0.4, 0.5) is 27.6 Å². The first-order valence-corrected chi connectivity index (χ1v) is 11.7. The fourth-order valence-electron chi connectivity index (χ4n) is 4.18. The lowest BCUT2D eigenvalue weighted by Crippen LogP contribution is -2.37. The van der Waals surface area contributed by atoms with Gasteiger partial charge in [0.1, 0.15) is 5.82 Å². The molecule has 0 aliphatic heterocycles. The maximum atomic E-state index is 13.6. The summed E-state index contributed by atoms with van der Waals surface area (Å²) in [5, 5.41) is 5.24. The molecule has 2 aromatic carbocycles. The Hall–Kier alpha value is -3.89. The molecule has 6 nitrogen and oxygen atoms in total. The number of anilines is 1.